The first-order valence-electron chi connectivity index (χ1n) is 11.7. The minimum Gasteiger partial charge on any atom is -0.465 e. The first-order valence-corrected chi connectivity index (χ1v) is 13.6. The van der Waals surface area contributed by atoms with E-state index in [1.807, 2.05) is 6.07 Å². The van der Waals surface area contributed by atoms with Gasteiger partial charge in [-0.2, -0.15) is 5.26 Å². The highest BCUT2D eigenvalue weighted by molar-refractivity contribution is 8.03. The second kappa shape index (κ2) is 9.60. The average molecular weight is 530 g/mol. The van der Waals surface area contributed by atoms with E-state index in [0.717, 1.165) is 18.9 Å². The Morgan fingerprint density at radius 1 is 1.27 bits per heavy atom. The average Bonchev–Trinajstić information content (AvgIpc) is 2.98. The molecule has 0 aliphatic carbocycles. The Hall–Kier alpha value is -3.76. The predicted molar refractivity (Wildman–Crippen MR) is 136 cm³/mol. The number of carbonyl (C=O) groups excluding carboxylic acids is 1. The van der Waals surface area contributed by atoms with Crippen molar-refractivity contribution in [1.82, 2.24) is 20.0 Å². The number of pyridine rings is 2. The van der Waals surface area contributed by atoms with Crippen LogP contribution in [-0.4, -0.2) is 54.2 Å². The first-order chi connectivity index (χ1) is 17.4. The van der Waals surface area contributed by atoms with Gasteiger partial charge in [0.15, 0.2) is 0 Å². The summed E-state index contributed by atoms with van der Waals surface area (Å²) >= 11 is 0. The summed E-state index contributed by atoms with van der Waals surface area (Å²) in [6.45, 7) is 5.38. The van der Waals surface area contributed by atoms with E-state index < -0.39 is 38.2 Å². The number of halogens is 1. The number of rotatable bonds is 3. The standard InChI is InChI=1S/C24H28FN7O4S/c1-14-10-15(11-26)12-27-18(14)20(33)30-17-7-6-16(25)19(29-17)23(2)13-37(36)24(3,8-4-5-9-28-37)21(32-23)31-22(34)35/h6-7,10,12,37H,4-5,8-9,13H2,1-3H3,(H,28,36)(H,31,32)(H,34,35)(H,29,30,33). The van der Waals surface area contributed by atoms with Crippen molar-refractivity contribution in [3.63, 3.8) is 0 Å². The molecule has 1 fully saturated rings. The predicted octanol–water partition coefficient (Wildman–Crippen LogP) is 2.41. The summed E-state index contributed by atoms with van der Waals surface area (Å²) in [6, 6.07) is 5.87. The number of aliphatic imine (C=N–C) groups is 1. The zero-order valence-electron chi connectivity index (χ0n) is 20.6. The zero-order chi connectivity index (χ0) is 27.0. The fraction of sp³-hybridized carbons (Fsp3) is 0.417. The van der Waals surface area contributed by atoms with Crippen LogP contribution in [0.1, 0.15) is 60.4 Å². The highest BCUT2D eigenvalue weighted by Gasteiger charge is 2.53. The number of carboxylic acid groups (broad SMARTS) is 1. The fourth-order valence-electron chi connectivity index (χ4n) is 4.90. The van der Waals surface area contributed by atoms with E-state index in [-0.39, 0.29) is 28.8 Å². The van der Waals surface area contributed by atoms with Gasteiger partial charge in [-0.3, -0.25) is 24.0 Å². The van der Waals surface area contributed by atoms with Crippen molar-refractivity contribution in [2.45, 2.75) is 50.3 Å². The van der Waals surface area contributed by atoms with Crippen LogP contribution < -0.4 is 15.4 Å². The van der Waals surface area contributed by atoms with Crippen LogP contribution in [0.15, 0.2) is 29.4 Å². The molecule has 4 rings (SSSR count). The maximum absolute atomic E-state index is 15.2. The number of thiol groups is 1. The van der Waals surface area contributed by atoms with Gasteiger partial charge >= 0.3 is 6.09 Å². The number of amides is 2. The molecule has 2 unspecified atom stereocenters. The number of hydrogen-bond acceptors (Lipinski definition) is 7. The van der Waals surface area contributed by atoms with Crippen molar-refractivity contribution in [2.24, 2.45) is 4.99 Å². The number of nitriles is 1. The van der Waals surface area contributed by atoms with Crippen molar-refractivity contribution in [2.75, 3.05) is 17.6 Å². The second-order valence-corrected chi connectivity index (χ2v) is 12.8. The van der Waals surface area contributed by atoms with Crippen molar-refractivity contribution >= 4 is 33.8 Å². The largest absolute Gasteiger partial charge is 0.465 e. The summed E-state index contributed by atoms with van der Waals surface area (Å²) < 4.78 is 31.6. The van der Waals surface area contributed by atoms with Crippen molar-refractivity contribution in [1.29, 1.82) is 5.26 Å². The molecule has 1 saturated heterocycles. The molecule has 13 heteroatoms. The molecule has 2 aliphatic rings. The highest BCUT2D eigenvalue weighted by Crippen LogP contribution is 2.43. The Morgan fingerprint density at radius 2 is 2.03 bits per heavy atom. The lowest BCUT2D eigenvalue weighted by Gasteiger charge is -2.49. The van der Waals surface area contributed by atoms with Gasteiger partial charge in [-0.15, -0.1) is 0 Å². The van der Waals surface area contributed by atoms with E-state index in [1.165, 1.54) is 18.3 Å². The number of hydrogen-bond donors (Lipinski definition) is 5. The summed E-state index contributed by atoms with van der Waals surface area (Å²) in [6.07, 6.45) is 1.85. The summed E-state index contributed by atoms with van der Waals surface area (Å²) in [5.74, 6) is -1.42. The second-order valence-electron chi connectivity index (χ2n) is 9.68. The van der Waals surface area contributed by atoms with Crippen LogP contribution in [-0.2, 0) is 15.7 Å². The van der Waals surface area contributed by atoms with Crippen molar-refractivity contribution in [3.05, 3.63) is 52.7 Å². The number of nitrogens with one attached hydrogen (secondary N) is 3. The van der Waals surface area contributed by atoms with Gasteiger partial charge in [-0.1, -0.05) is 6.42 Å². The van der Waals surface area contributed by atoms with Gasteiger partial charge in [-0.25, -0.2) is 19.2 Å². The normalized spacial score (nSPS) is 25.4. The molecule has 2 atom stereocenters. The lowest BCUT2D eigenvalue weighted by Crippen LogP contribution is -2.65. The Morgan fingerprint density at radius 3 is 2.70 bits per heavy atom. The van der Waals surface area contributed by atoms with Crippen LogP contribution in [0.3, 0.4) is 0 Å². The molecule has 2 aliphatic heterocycles. The summed E-state index contributed by atoms with van der Waals surface area (Å²) in [4.78, 5) is 37.4. The lowest BCUT2D eigenvalue weighted by atomic mass is 9.96. The summed E-state index contributed by atoms with van der Waals surface area (Å²) in [5, 5.41) is 23.4. The Balaban J connectivity index is 1.75. The molecule has 0 bridgehead atoms. The fourth-order valence-corrected chi connectivity index (χ4v) is 8.28. The molecule has 0 saturated carbocycles. The maximum atomic E-state index is 15.2. The van der Waals surface area contributed by atoms with E-state index in [1.54, 1.807) is 20.8 Å². The topological polar surface area (TPSA) is 169 Å². The molecule has 0 radical (unpaired) electrons. The van der Waals surface area contributed by atoms with Gasteiger partial charge in [0.25, 0.3) is 5.91 Å². The third kappa shape index (κ3) is 4.82. The van der Waals surface area contributed by atoms with E-state index in [2.05, 4.69) is 30.3 Å². The van der Waals surface area contributed by atoms with Gasteiger partial charge in [0, 0.05) is 18.5 Å². The van der Waals surface area contributed by atoms with Crippen molar-refractivity contribution in [3.8, 4) is 6.07 Å². The quantitative estimate of drug-likeness (QED) is 0.380. The van der Waals surface area contributed by atoms with E-state index in [0.29, 0.717) is 24.1 Å². The van der Waals surface area contributed by atoms with Gasteiger partial charge in [0.2, 0.25) is 0 Å². The molecule has 4 heterocycles. The van der Waals surface area contributed by atoms with Crippen molar-refractivity contribution < 1.29 is 23.3 Å². The van der Waals surface area contributed by atoms with Gasteiger partial charge < -0.3 is 10.4 Å². The smallest absolute Gasteiger partial charge is 0.410 e. The SMILES string of the molecule is Cc1cc(C#N)cnc1C(=O)Nc1ccc(F)c(C2(C)C[SH]3(=O)NCCCCC3(C)C(NC(=O)O)=N2)n1. The van der Waals surface area contributed by atoms with Crippen LogP contribution in [0, 0.1) is 24.1 Å². The molecular formula is C24H28FN7O4S. The molecule has 196 valence electrons. The van der Waals surface area contributed by atoms with Crippen LogP contribution >= 0.6 is 0 Å². The van der Waals surface area contributed by atoms with E-state index in [4.69, 9.17) is 5.26 Å². The lowest BCUT2D eigenvalue weighted by molar-refractivity contribution is 0.102. The van der Waals surface area contributed by atoms with Crippen LogP contribution in [0.4, 0.5) is 15.0 Å². The number of carbonyl (C=O) groups is 2. The van der Waals surface area contributed by atoms with Gasteiger partial charge in [0.1, 0.15) is 40.5 Å². The highest BCUT2D eigenvalue weighted by atomic mass is 32.3. The summed E-state index contributed by atoms with van der Waals surface area (Å²) in [7, 11) is -3.33. The monoisotopic (exact) mass is 529 g/mol. The third-order valence-electron chi connectivity index (χ3n) is 6.90. The zero-order valence-corrected chi connectivity index (χ0v) is 21.5. The number of aryl methyl sites for hydroxylation is 1. The number of amidine groups is 1. The minimum absolute atomic E-state index is 0.000436. The van der Waals surface area contributed by atoms with Crippen LogP contribution in [0.25, 0.3) is 0 Å². The first kappa shape index (κ1) is 26.3. The number of aromatic nitrogens is 2. The molecule has 37 heavy (non-hydrogen) atoms. The molecule has 4 N–H and O–H groups in total. The number of nitrogens with zero attached hydrogens (tertiary/aromatic N) is 4. The molecule has 2 aromatic rings. The molecule has 2 amide bonds. The number of anilines is 1. The molecule has 11 nitrogen and oxygen atoms in total. The third-order valence-corrected chi connectivity index (χ3v) is 10.7. The number of fused-ring (bicyclic) bond motifs is 1. The Kier molecular flexibility index (Phi) is 6.83. The van der Waals surface area contributed by atoms with Gasteiger partial charge in [0.05, 0.1) is 10.3 Å². The van der Waals surface area contributed by atoms with E-state index >= 15 is 4.39 Å². The maximum Gasteiger partial charge on any atom is 0.410 e. The molecule has 0 spiro atoms. The molecule has 0 aromatic carbocycles. The van der Waals surface area contributed by atoms with Gasteiger partial charge in [-0.05, 0) is 67.5 Å². The summed E-state index contributed by atoms with van der Waals surface area (Å²) in [5.41, 5.74) is -0.812. The Labute approximate surface area is 214 Å². The van der Waals surface area contributed by atoms with E-state index in [9.17, 15) is 18.9 Å². The molecular weight excluding hydrogens is 501 g/mol. The molecule has 2 aromatic heterocycles. The Bertz CT molecular complexity index is 1410. The minimum atomic E-state index is -3.33. The van der Waals surface area contributed by atoms with Crippen LogP contribution in [0.5, 0.6) is 0 Å². The van der Waals surface area contributed by atoms with Crippen LogP contribution in [0.2, 0.25) is 0 Å².